The third-order valence-electron chi connectivity index (χ3n) is 10.1. The highest BCUT2D eigenvalue weighted by Gasteiger charge is 2.38. The topological polar surface area (TPSA) is 167 Å². The summed E-state index contributed by atoms with van der Waals surface area (Å²) in [7, 11) is 2.29. The summed E-state index contributed by atoms with van der Waals surface area (Å²) < 4.78 is 53.0. The number of aryl methyl sites for hydroxylation is 1. The molecule has 0 spiro atoms. The monoisotopic (exact) mass is 898 g/mol. The molecule has 0 saturated heterocycles. The van der Waals surface area contributed by atoms with Gasteiger partial charge >= 0.3 is 35.8 Å². The summed E-state index contributed by atoms with van der Waals surface area (Å²) in [6.45, 7) is 17.4. The van der Waals surface area contributed by atoms with Crippen LogP contribution >= 0.6 is 0 Å². The number of benzene rings is 3. The number of esters is 6. The lowest BCUT2D eigenvalue weighted by atomic mass is 9.91. The van der Waals surface area contributed by atoms with Gasteiger partial charge in [0.2, 0.25) is 0 Å². The molecule has 65 heavy (non-hydrogen) atoms. The first-order chi connectivity index (χ1) is 30.9. The van der Waals surface area contributed by atoms with Crippen molar-refractivity contribution in [3.05, 3.63) is 126 Å². The van der Waals surface area contributed by atoms with Crippen LogP contribution in [0.4, 0.5) is 4.39 Å². The minimum atomic E-state index is -1.59. The Hall–Kier alpha value is -6.83. The van der Waals surface area contributed by atoms with Crippen LogP contribution in [0, 0.1) is 11.2 Å². The number of rotatable bonds is 27. The molecule has 0 aliphatic rings. The third kappa shape index (κ3) is 17.0. The Morgan fingerprint density at radius 2 is 1.09 bits per heavy atom. The maximum atomic E-state index is 15.6. The maximum absolute atomic E-state index is 15.6. The molecule has 0 atom stereocenters. The van der Waals surface area contributed by atoms with Crippen molar-refractivity contribution in [1.29, 1.82) is 0 Å². The highest BCUT2D eigenvalue weighted by molar-refractivity contribution is 5.94. The van der Waals surface area contributed by atoms with Crippen LogP contribution in [0.5, 0.6) is 5.75 Å². The molecule has 3 aromatic carbocycles. The van der Waals surface area contributed by atoms with Gasteiger partial charge in [-0.3, -0.25) is 9.59 Å². The molecule has 0 bridgehead atoms. The van der Waals surface area contributed by atoms with Gasteiger partial charge in [-0.25, -0.2) is 23.6 Å². The summed E-state index contributed by atoms with van der Waals surface area (Å²) in [4.78, 5) is 74.6. The highest BCUT2D eigenvalue weighted by Crippen LogP contribution is 2.33. The molecule has 0 fully saturated rings. The second kappa shape index (κ2) is 26.1. The van der Waals surface area contributed by atoms with Crippen molar-refractivity contribution in [2.45, 2.75) is 78.7 Å². The quantitative estimate of drug-likeness (QED) is 0.0308. The SMILES string of the molecule is C=C(C)C(=O)OCc1cc(-c2ccc(CCCCCCC)cc2F)ccc1-c1ccc(OCC(COC(=O)C(=C)C)(COC(=O)C(=C)CC(=O)OC)COC(=O)C(=C)CC(=O)OC)cc1. The van der Waals surface area contributed by atoms with E-state index >= 15 is 4.39 Å². The van der Waals surface area contributed by atoms with Crippen molar-refractivity contribution in [1.82, 2.24) is 0 Å². The standard InChI is InChI=1S/C51H59FO13/c1-10-11-12-13-14-15-37-16-22-43(44(52)26-37)39-19-23-42(40(27-39)28-61-47(55)33(2)3)38-17-20-41(21-18-38)62-29-51(30-63-48(56)34(4)5,31-64-49(57)35(6)24-45(53)59-8)32-65-50(58)36(7)25-46(54)60-9/h16-23,26-27H,2,4,6-7,10-15,24-25,28-32H2,1,3,5,8-9H3. The fourth-order valence-electron chi connectivity index (χ4n) is 6.15. The predicted molar refractivity (Wildman–Crippen MR) is 242 cm³/mol. The van der Waals surface area contributed by atoms with Crippen molar-refractivity contribution in [2.75, 3.05) is 40.6 Å². The molecule has 348 valence electrons. The number of carbonyl (C=O) groups excluding carboxylic acids is 6. The summed E-state index contributed by atoms with van der Waals surface area (Å²) in [5.41, 5.74) is 2.07. The van der Waals surface area contributed by atoms with E-state index in [-0.39, 0.29) is 47.1 Å². The smallest absolute Gasteiger partial charge is 0.334 e. The molecule has 0 radical (unpaired) electrons. The second-order valence-electron chi connectivity index (χ2n) is 15.7. The zero-order chi connectivity index (χ0) is 48.1. The van der Waals surface area contributed by atoms with E-state index < -0.39 is 73.9 Å². The minimum absolute atomic E-state index is 0.0515. The largest absolute Gasteiger partial charge is 0.493 e. The second-order valence-corrected chi connectivity index (χ2v) is 15.7. The zero-order valence-corrected chi connectivity index (χ0v) is 38.0. The van der Waals surface area contributed by atoms with Gasteiger partial charge < -0.3 is 33.2 Å². The molecule has 0 N–H and O–H groups in total. The molecule has 0 amide bonds. The minimum Gasteiger partial charge on any atom is -0.493 e. The maximum Gasteiger partial charge on any atom is 0.334 e. The van der Waals surface area contributed by atoms with Crippen LogP contribution in [0.15, 0.2) is 109 Å². The molecular formula is C51H59FO13. The Morgan fingerprint density at radius 1 is 0.585 bits per heavy atom. The number of carbonyl (C=O) groups is 6. The van der Waals surface area contributed by atoms with Gasteiger partial charge in [0.05, 0.1) is 27.1 Å². The van der Waals surface area contributed by atoms with Crippen LogP contribution in [-0.4, -0.2) is 76.5 Å². The molecule has 3 aromatic rings. The molecule has 13 nitrogen and oxygen atoms in total. The van der Waals surface area contributed by atoms with E-state index in [0.29, 0.717) is 27.8 Å². The average molecular weight is 899 g/mol. The average Bonchev–Trinajstić information content (AvgIpc) is 3.29. The summed E-state index contributed by atoms with van der Waals surface area (Å²) in [6, 6.07) is 17.4. The third-order valence-corrected chi connectivity index (χ3v) is 10.1. The molecule has 0 saturated carbocycles. The van der Waals surface area contributed by atoms with Crippen molar-refractivity contribution in [2.24, 2.45) is 5.41 Å². The summed E-state index contributed by atoms with van der Waals surface area (Å²) >= 11 is 0. The van der Waals surface area contributed by atoms with E-state index in [1.807, 2.05) is 12.1 Å². The molecule has 0 aliphatic heterocycles. The summed E-state index contributed by atoms with van der Waals surface area (Å²) in [5, 5.41) is 0. The van der Waals surface area contributed by atoms with Gasteiger partial charge in [0.25, 0.3) is 0 Å². The Morgan fingerprint density at radius 3 is 1.62 bits per heavy atom. The predicted octanol–water partition coefficient (Wildman–Crippen LogP) is 9.10. The fraction of sp³-hybridized carbons (Fsp3) is 0.373. The molecule has 0 heterocycles. The first-order valence-corrected chi connectivity index (χ1v) is 21.1. The fourth-order valence-corrected chi connectivity index (χ4v) is 6.15. The Bertz CT molecular complexity index is 2190. The first kappa shape index (κ1) is 52.5. The van der Waals surface area contributed by atoms with Crippen LogP contribution in [0.1, 0.15) is 76.8 Å². The Kier molecular flexibility index (Phi) is 21.1. The van der Waals surface area contributed by atoms with Gasteiger partial charge in [-0.2, -0.15) is 0 Å². The van der Waals surface area contributed by atoms with Crippen LogP contribution in [0.2, 0.25) is 0 Å². The first-order valence-electron chi connectivity index (χ1n) is 21.1. The van der Waals surface area contributed by atoms with E-state index in [2.05, 4.69) is 42.7 Å². The lowest BCUT2D eigenvalue weighted by Crippen LogP contribution is -2.44. The number of hydrogen-bond acceptors (Lipinski definition) is 13. The van der Waals surface area contributed by atoms with Gasteiger partial charge in [-0.15, -0.1) is 0 Å². The van der Waals surface area contributed by atoms with Gasteiger partial charge in [0.15, 0.2) is 0 Å². The number of methoxy groups -OCH3 is 2. The van der Waals surface area contributed by atoms with E-state index in [4.69, 9.17) is 23.7 Å². The van der Waals surface area contributed by atoms with E-state index in [1.165, 1.54) is 20.3 Å². The highest BCUT2D eigenvalue weighted by atomic mass is 19.1. The van der Waals surface area contributed by atoms with Gasteiger partial charge in [0, 0.05) is 27.9 Å². The van der Waals surface area contributed by atoms with Crippen molar-refractivity contribution < 1.29 is 66.3 Å². The number of halogens is 1. The molecule has 0 unspecified atom stereocenters. The zero-order valence-electron chi connectivity index (χ0n) is 38.0. The molecule has 14 heteroatoms. The van der Waals surface area contributed by atoms with Gasteiger partial charge in [-0.05, 0) is 78.8 Å². The van der Waals surface area contributed by atoms with Crippen molar-refractivity contribution in [3.63, 3.8) is 0 Å². The number of unbranched alkanes of at least 4 members (excludes halogenated alkanes) is 4. The Balaban J connectivity index is 1.96. The molecular weight excluding hydrogens is 840 g/mol. The molecule has 0 aliphatic carbocycles. The van der Waals surface area contributed by atoms with Crippen LogP contribution in [-0.2, 0) is 70.2 Å². The number of hydrogen-bond donors (Lipinski definition) is 0. The summed E-state index contributed by atoms with van der Waals surface area (Å²) in [5.74, 6) is -4.91. The summed E-state index contributed by atoms with van der Waals surface area (Å²) in [6.07, 6.45) is 5.41. The van der Waals surface area contributed by atoms with Crippen LogP contribution < -0.4 is 4.74 Å². The van der Waals surface area contributed by atoms with Crippen LogP contribution in [0.3, 0.4) is 0 Å². The number of ether oxygens (including phenoxy) is 7. The lowest BCUT2D eigenvalue weighted by molar-refractivity contribution is -0.161. The molecule has 3 rings (SSSR count). The van der Waals surface area contributed by atoms with E-state index in [9.17, 15) is 28.8 Å². The lowest BCUT2D eigenvalue weighted by Gasteiger charge is -2.32. The molecule has 0 aromatic heterocycles. The van der Waals surface area contributed by atoms with Gasteiger partial charge in [0.1, 0.15) is 50.0 Å². The van der Waals surface area contributed by atoms with E-state index in [0.717, 1.165) is 51.9 Å². The van der Waals surface area contributed by atoms with Gasteiger partial charge in [-0.1, -0.05) is 95.3 Å². The van der Waals surface area contributed by atoms with Crippen molar-refractivity contribution in [3.8, 4) is 28.0 Å². The normalized spacial score (nSPS) is 10.8. The Labute approximate surface area is 380 Å². The van der Waals surface area contributed by atoms with E-state index in [1.54, 1.807) is 48.5 Å². The van der Waals surface area contributed by atoms with Crippen LogP contribution in [0.25, 0.3) is 22.3 Å². The van der Waals surface area contributed by atoms with Crippen molar-refractivity contribution >= 4 is 35.8 Å².